The molecule has 0 saturated carbocycles. The molecule has 4 N–H and O–H groups in total. The third-order valence-electron chi connectivity index (χ3n) is 4.66. The molecule has 1 aromatic carbocycles. The first-order chi connectivity index (χ1) is 13.7. The van der Waals surface area contributed by atoms with Crippen molar-refractivity contribution in [1.29, 1.82) is 0 Å². The largest absolute Gasteiger partial charge is 0.458 e. The Hall–Kier alpha value is -2.89. The molecular weight excluding hydrogens is 401 g/mol. The maximum absolute atomic E-state index is 13.7. The number of nitrogen functional groups attached to an aromatic ring is 1. The summed E-state index contributed by atoms with van der Waals surface area (Å²) < 4.78 is 71.8. The van der Waals surface area contributed by atoms with Crippen molar-refractivity contribution in [3.05, 3.63) is 35.2 Å². The maximum Gasteiger partial charge on any atom is 0.223 e. The van der Waals surface area contributed by atoms with Gasteiger partial charge in [0.25, 0.3) is 0 Å². The maximum atomic E-state index is 13.7. The molecule has 12 heteroatoms. The summed E-state index contributed by atoms with van der Waals surface area (Å²) >= 11 is 0. The second kappa shape index (κ2) is 8.23. The van der Waals surface area contributed by atoms with Crippen molar-refractivity contribution in [3.8, 4) is 5.75 Å². The molecule has 0 bridgehead atoms. The number of nitrogens with two attached hydrogens (primary N) is 1. The molecule has 1 saturated heterocycles. The van der Waals surface area contributed by atoms with E-state index in [1.54, 1.807) is 13.1 Å². The number of piperidine rings is 1. The fraction of sp³-hybridized carbons (Fsp3) is 0.412. The van der Waals surface area contributed by atoms with Crippen LogP contribution in [0.2, 0.25) is 0 Å². The minimum absolute atomic E-state index is 0.0728. The van der Waals surface area contributed by atoms with Crippen LogP contribution in [0, 0.1) is 35.0 Å². The van der Waals surface area contributed by atoms with Crippen LogP contribution in [0.1, 0.15) is 12.8 Å². The van der Waals surface area contributed by atoms with Gasteiger partial charge in [-0.3, -0.25) is 0 Å². The van der Waals surface area contributed by atoms with Crippen molar-refractivity contribution in [2.75, 3.05) is 36.1 Å². The molecule has 1 aromatic heterocycles. The SMILES string of the molecule is CNc1cc(N2CCC(C(O)Oc3c(F)c(F)c(F)c(F)c3F)CC2)nc(N)n1. The van der Waals surface area contributed by atoms with E-state index in [1.807, 2.05) is 4.90 Å². The fourth-order valence-electron chi connectivity index (χ4n) is 3.06. The van der Waals surface area contributed by atoms with E-state index in [0.717, 1.165) is 0 Å². The van der Waals surface area contributed by atoms with Gasteiger partial charge in [0.2, 0.25) is 41.3 Å². The molecule has 29 heavy (non-hydrogen) atoms. The average Bonchev–Trinajstić information content (AvgIpc) is 2.73. The summed E-state index contributed by atoms with van der Waals surface area (Å²) in [6, 6.07) is 1.68. The quantitative estimate of drug-likeness (QED) is 0.296. The fourth-order valence-corrected chi connectivity index (χ4v) is 3.06. The number of ether oxygens (including phenoxy) is 1. The normalized spacial score (nSPS) is 16.0. The van der Waals surface area contributed by atoms with Gasteiger partial charge < -0.3 is 25.8 Å². The lowest BCUT2D eigenvalue weighted by atomic mass is 9.96. The van der Waals surface area contributed by atoms with Gasteiger partial charge in [0.15, 0.2) is 5.75 Å². The Morgan fingerprint density at radius 3 is 2.17 bits per heavy atom. The number of nitrogens with zero attached hydrogens (tertiary/aromatic N) is 3. The van der Waals surface area contributed by atoms with Crippen LogP contribution in [-0.4, -0.2) is 41.5 Å². The van der Waals surface area contributed by atoms with Crippen molar-refractivity contribution in [3.63, 3.8) is 0 Å². The minimum atomic E-state index is -2.29. The summed E-state index contributed by atoms with van der Waals surface area (Å²) in [6.45, 7) is 0.781. The number of nitrogens with one attached hydrogen (secondary N) is 1. The van der Waals surface area contributed by atoms with Crippen LogP contribution in [0.3, 0.4) is 0 Å². The van der Waals surface area contributed by atoms with Gasteiger partial charge in [0, 0.05) is 32.1 Å². The molecule has 2 heterocycles. The topological polar surface area (TPSA) is 96.5 Å². The zero-order valence-electron chi connectivity index (χ0n) is 15.2. The second-order valence-corrected chi connectivity index (χ2v) is 6.45. The Morgan fingerprint density at radius 2 is 1.62 bits per heavy atom. The molecule has 0 spiro atoms. The smallest absolute Gasteiger partial charge is 0.223 e. The predicted octanol–water partition coefficient (Wildman–Crippen LogP) is 2.41. The summed E-state index contributed by atoms with van der Waals surface area (Å²) in [5.41, 5.74) is 5.66. The van der Waals surface area contributed by atoms with Gasteiger partial charge in [-0.15, -0.1) is 0 Å². The van der Waals surface area contributed by atoms with Gasteiger partial charge in [-0.05, 0) is 12.8 Å². The molecular formula is C17H18F5N5O2. The zero-order chi connectivity index (χ0) is 21.3. The summed E-state index contributed by atoms with van der Waals surface area (Å²) in [5, 5.41) is 13.0. The highest BCUT2D eigenvalue weighted by Crippen LogP contribution is 2.32. The molecule has 158 valence electrons. The van der Waals surface area contributed by atoms with Crippen LogP contribution in [0.25, 0.3) is 0 Å². The summed E-state index contributed by atoms with van der Waals surface area (Å²) in [4.78, 5) is 9.98. The number of hydrogen-bond donors (Lipinski definition) is 3. The predicted molar refractivity (Wildman–Crippen MR) is 93.8 cm³/mol. The van der Waals surface area contributed by atoms with E-state index < -0.39 is 47.0 Å². The monoisotopic (exact) mass is 419 g/mol. The van der Waals surface area contributed by atoms with Gasteiger partial charge in [0.1, 0.15) is 11.6 Å². The van der Waals surface area contributed by atoms with Crippen LogP contribution in [-0.2, 0) is 0 Å². The molecule has 7 nitrogen and oxygen atoms in total. The molecule has 1 fully saturated rings. The Labute approximate surface area is 162 Å². The highest BCUT2D eigenvalue weighted by Gasteiger charge is 2.32. The number of aliphatic hydroxyl groups excluding tert-OH is 1. The molecule has 3 rings (SSSR count). The van der Waals surface area contributed by atoms with Crippen molar-refractivity contribution in [1.82, 2.24) is 9.97 Å². The van der Waals surface area contributed by atoms with Crippen LogP contribution in [0.5, 0.6) is 5.75 Å². The molecule has 2 aromatic rings. The van der Waals surface area contributed by atoms with E-state index in [1.165, 1.54) is 0 Å². The lowest BCUT2D eigenvalue weighted by molar-refractivity contribution is -0.0735. The van der Waals surface area contributed by atoms with Crippen LogP contribution in [0.15, 0.2) is 6.07 Å². The third-order valence-corrected chi connectivity index (χ3v) is 4.66. The van der Waals surface area contributed by atoms with Crippen molar-refractivity contribution >= 4 is 17.6 Å². The summed E-state index contributed by atoms with van der Waals surface area (Å²) in [6.07, 6.45) is -1.13. The first-order valence-electron chi connectivity index (χ1n) is 8.66. The highest BCUT2D eigenvalue weighted by atomic mass is 19.2. The van der Waals surface area contributed by atoms with Crippen LogP contribution >= 0.6 is 0 Å². The first-order valence-corrected chi connectivity index (χ1v) is 8.66. The standard InChI is InChI=1S/C17H18F5N5O2/c1-24-8-6-9(26-17(23)25-8)27-4-2-7(3-5-27)16(28)29-15-13(21)11(19)10(18)12(20)14(15)22/h6-7,16,28H,2-5H2,1H3,(H3,23,24,25,26). The highest BCUT2D eigenvalue weighted by molar-refractivity contribution is 5.52. The number of hydrogen-bond acceptors (Lipinski definition) is 7. The van der Waals surface area contributed by atoms with E-state index in [0.29, 0.717) is 37.6 Å². The Bertz CT molecular complexity index is 879. The lowest BCUT2D eigenvalue weighted by Gasteiger charge is -2.34. The zero-order valence-corrected chi connectivity index (χ0v) is 15.2. The van der Waals surface area contributed by atoms with Crippen molar-refractivity contribution in [2.24, 2.45) is 5.92 Å². The Kier molecular flexibility index (Phi) is 5.91. The molecule has 1 unspecified atom stereocenters. The average molecular weight is 419 g/mol. The van der Waals surface area contributed by atoms with E-state index in [9.17, 15) is 27.1 Å². The van der Waals surface area contributed by atoms with E-state index in [-0.39, 0.29) is 5.95 Å². The van der Waals surface area contributed by atoms with Crippen LogP contribution in [0.4, 0.5) is 39.5 Å². The second-order valence-electron chi connectivity index (χ2n) is 6.45. The minimum Gasteiger partial charge on any atom is -0.458 e. The van der Waals surface area contributed by atoms with Crippen LogP contribution < -0.4 is 20.7 Å². The molecule has 1 aliphatic heterocycles. The van der Waals surface area contributed by atoms with Crippen molar-refractivity contribution in [2.45, 2.75) is 19.1 Å². The van der Waals surface area contributed by atoms with E-state index in [4.69, 9.17) is 10.5 Å². The summed E-state index contributed by atoms with van der Waals surface area (Å²) in [7, 11) is 1.67. The Morgan fingerprint density at radius 1 is 1.07 bits per heavy atom. The number of anilines is 3. The number of aliphatic hydroxyl groups is 1. The Balaban J connectivity index is 1.68. The molecule has 0 aliphatic carbocycles. The number of benzene rings is 1. The number of halogens is 5. The van der Waals surface area contributed by atoms with Crippen molar-refractivity contribution < 1.29 is 31.8 Å². The van der Waals surface area contributed by atoms with Gasteiger partial charge in [-0.1, -0.05) is 0 Å². The number of rotatable bonds is 5. The van der Waals surface area contributed by atoms with Gasteiger partial charge >= 0.3 is 0 Å². The van der Waals surface area contributed by atoms with E-state index >= 15 is 0 Å². The third kappa shape index (κ3) is 4.11. The molecule has 0 radical (unpaired) electrons. The lowest BCUT2D eigenvalue weighted by Crippen LogP contribution is -2.40. The molecule has 1 atom stereocenters. The van der Waals surface area contributed by atoms with Gasteiger partial charge in [-0.2, -0.15) is 18.7 Å². The summed E-state index contributed by atoms with van der Waals surface area (Å²) in [5.74, 6) is -11.8. The number of aromatic nitrogens is 2. The van der Waals surface area contributed by atoms with Gasteiger partial charge in [0.05, 0.1) is 0 Å². The van der Waals surface area contributed by atoms with Gasteiger partial charge in [-0.25, -0.2) is 13.2 Å². The first kappa shape index (κ1) is 20.8. The van der Waals surface area contributed by atoms with E-state index in [2.05, 4.69) is 15.3 Å². The molecule has 0 amide bonds. The molecule has 1 aliphatic rings.